The molecule has 4 nitrogen and oxygen atoms in total. The van der Waals surface area contributed by atoms with Crippen LogP contribution in [-0.2, 0) is 19.5 Å². The number of nitrogens with one attached hydrogen (secondary N) is 1. The number of benzene rings is 1. The van der Waals surface area contributed by atoms with Crippen molar-refractivity contribution in [1.82, 2.24) is 19.9 Å². The SMILES string of the molecule is Cc1ncc2c(n1)CN(Cc1c[nH]c3cc(F)ccc13)CC2. The number of H-pyrrole nitrogens is 1. The molecule has 4 rings (SSSR count). The fourth-order valence-corrected chi connectivity index (χ4v) is 3.12. The number of hydrogen-bond donors (Lipinski definition) is 1. The second kappa shape index (κ2) is 5.18. The third-order valence-electron chi connectivity index (χ3n) is 4.27. The van der Waals surface area contributed by atoms with Gasteiger partial charge in [-0.1, -0.05) is 0 Å². The van der Waals surface area contributed by atoms with Crippen molar-refractivity contribution in [3.05, 3.63) is 59.1 Å². The molecular weight excluding hydrogens is 279 g/mol. The smallest absolute Gasteiger partial charge is 0.125 e. The fourth-order valence-electron chi connectivity index (χ4n) is 3.12. The molecule has 0 bridgehead atoms. The first-order chi connectivity index (χ1) is 10.7. The number of nitrogens with zero attached hydrogens (tertiary/aromatic N) is 3. The lowest BCUT2D eigenvalue weighted by Gasteiger charge is -2.27. The summed E-state index contributed by atoms with van der Waals surface area (Å²) in [6.45, 7) is 4.60. The Labute approximate surface area is 128 Å². The monoisotopic (exact) mass is 296 g/mol. The summed E-state index contributed by atoms with van der Waals surface area (Å²) in [5.74, 6) is 0.614. The zero-order chi connectivity index (χ0) is 15.1. The van der Waals surface area contributed by atoms with E-state index in [1.54, 1.807) is 6.07 Å². The molecule has 0 amide bonds. The Morgan fingerprint density at radius 1 is 1.36 bits per heavy atom. The van der Waals surface area contributed by atoms with Gasteiger partial charge in [-0.3, -0.25) is 4.90 Å². The highest BCUT2D eigenvalue weighted by Crippen LogP contribution is 2.23. The van der Waals surface area contributed by atoms with E-state index in [9.17, 15) is 4.39 Å². The summed E-state index contributed by atoms with van der Waals surface area (Å²) in [5, 5.41) is 1.09. The molecule has 0 unspecified atom stereocenters. The van der Waals surface area contributed by atoms with Gasteiger partial charge < -0.3 is 4.98 Å². The molecule has 5 heteroatoms. The van der Waals surface area contributed by atoms with Crippen molar-refractivity contribution in [1.29, 1.82) is 0 Å². The molecule has 1 aromatic carbocycles. The van der Waals surface area contributed by atoms with Crippen LogP contribution < -0.4 is 0 Å². The molecule has 0 radical (unpaired) electrons. The Hall–Kier alpha value is -2.27. The quantitative estimate of drug-likeness (QED) is 0.791. The summed E-state index contributed by atoms with van der Waals surface area (Å²) in [6.07, 6.45) is 4.90. The van der Waals surface area contributed by atoms with E-state index in [1.165, 1.54) is 17.2 Å². The molecule has 0 fully saturated rings. The van der Waals surface area contributed by atoms with Gasteiger partial charge in [0.1, 0.15) is 11.6 Å². The molecule has 0 spiro atoms. The third kappa shape index (κ3) is 2.37. The van der Waals surface area contributed by atoms with Crippen molar-refractivity contribution in [2.24, 2.45) is 0 Å². The van der Waals surface area contributed by atoms with E-state index in [2.05, 4.69) is 19.9 Å². The Morgan fingerprint density at radius 3 is 3.18 bits per heavy atom. The molecule has 1 aliphatic rings. The van der Waals surface area contributed by atoms with Crippen LogP contribution in [0.1, 0.15) is 22.6 Å². The number of rotatable bonds is 2. The van der Waals surface area contributed by atoms with E-state index in [0.717, 1.165) is 48.5 Å². The Balaban J connectivity index is 1.58. The highest BCUT2D eigenvalue weighted by Gasteiger charge is 2.19. The molecule has 0 aliphatic carbocycles. The molecule has 3 aromatic rings. The van der Waals surface area contributed by atoms with Crippen molar-refractivity contribution in [2.75, 3.05) is 6.54 Å². The highest BCUT2D eigenvalue weighted by molar-refractivity contribution is 5.83. The summed E-state index contributed by atoms with van der Waals surface area (Å²) >= 11 is 0. The molecule has 1 N–H and O–H groups in total. The van der Waals surface area contributed by atoms with E-state index in [-0.39, 0.29) is 5.82 Å². The number of aromatic nitrogens is 3. The first-order valence-electron chi connectivity index (χ1n) is 7.48. The van der Waals surface area contributed by atoms with Crippen molar-refractivity contribution < 1.29 is 4.39 Å². The standard InChI is InChI=1S/C17H17FN4/c1-11-19-7-12-4-5-22(10-17(12)21-11)9-13-8-20-16-6-14(18)2-3-15(13)16/h2-3,6-8,20H,4-5,9-10H2,1H3. The minimum absolute atomic E-state index is 0.208. The maximum absolute atomic E-state index is 13.3. The number of aromatic amines is 1. The number of fused-ring (bicyclic) bond motifs is 2. The van der Waals surface area contributed by atoms with Crippen molar-refractivity contribution in [3.8, 4) is 0 Å². The zero-order valence-electron chi connectivity index (χ0n) is 12.4. The van der Waals surface area contributed by atoms with Gasteiger partial charge in [-0.15, -0.1) is 0 Å². The Kier molecular flexibility index (Phi) is 3.15. The molecule has 2 aromatic heterocycles. The Bertz CT molecular complexity index is 840. The van der Waals surface area contributed by atoms with E-state index < -0.39 is 0 Å². The van der Waals surface area contributed by atoms with Gasteiger partial charge in [-0.05, 0) is 42.7 Å². The van der Waals surface area contributed by atoms with Crippen LogP contribution in [0.3, 0.4) is 0 Å². The van der Waals surface area contributed by atoms with Gasteiger partial charge in [0, 0.05) is 42.9 Å². The second-order valence-corrected chi connectivity index (χ2v) is 5.85. The molecule has 1 aliphatic heterocycles. The largest absolute Gasteiger partial charge is 0.361 e. The van der Waals surface area contributed by atoms with Crippen LogP contribution in [0.15, 0.2) is 30.6 Å². The average molecular weight is 296 g/mol. The lowest BCUT2D eigenvalue weighted by atomic mass is 10.1. The predicted octanol–water partition coefficient (Wildman–Crippen LogP) is 2.96. The summed E-state index contributed by atoms with van der Waals surface area (Å²) in [5.41, 5.74) is 4.43. The average Bonchev–Trinajstić information content (AvgIpc) is 2.89. The first kappa shape index (κ1) is 13.4. The lowest BCUT2D eigenvalue weighted by Crippen LogP contribution is -2.31. The van der Waals surface area contributed by atoms with Gasteiger partial charge in [0.05, 0.1) is 5.69 Å². The molecule has 0 saturated heterocycles. The minimum Gasteiger partial charge on any atom is -0.361 e. The van der Waals surface area contributed by atoms with E-state index in [1.807, 2.05) is 25.4 Å². The van der Waals surface area contributed by atoms with E-state index >= 15 is 0 Å². The minimum atomic E-state index is -0.208. The van der Waals surface area contributed by atoms with Gasteiger partial charge in [0.15, 0.2) is 0 Å². The van der Waals surface area contributed by atoms with Crippen molar-refractivity contribution >= 4 is 10.9 Å². The summed E-state index contributed by atoms with van der Waals surface area (Å²) in [6, 6.07) is 4.91. The summed E-state index contributed by atoms with van der Waals surface area (Å²) < 4.78 is 13.3. The van der Waals surface area contributed by atoms with Crippen LogP contribution in [0.25, 0.3) is 10.9 Å². The van der Waals surface area contributed by atoms with Crippen molar-refractivity contribution in [2.45, 2.75) is 26.4 Å². The van der Waals surface area contributed by atoms with Crippen molar-refractivity contribution in [3.63, 3.8) is 0 Å². The van der Waals surface area contributed by atoms with Gasteiger partial charge in [-0.25, -0.2) is 14.4 Å². The molecular formula is C17H17FN4. The summed E-state index contributed by atoms with van der Waals surface area (Å²) in [7, 11) is 0. The highest BCUT2D eigenvalue weighted by atomic mass is 19.1. The van der Waals surface area contributed by atoms with Crippen LogP contribution in [0.5, 0.6) is 0 Å². The van der Waals surface area contributed by atoms with Gasteiger partial charge in [0.25, 0.3) is 0 Å². The third-order valence-corrected chi connectivity index (χ3v) is 4.27. The molecule has 112 valence electrons. The van der Waals surface area contributed by atoms with Gasteiger partial charge in [0.2, 0.25) is 0 Å². The maximum atomic E-state index is 13.3. The lowest BCUT2D eigenvalue weighted by molar-refractivity contribution is 0.241. The van der Waals surface area contributed by atoms with Gasteiger partial charge in [-0.2, -0.15) is 0 Å². The maximum Gasteiger partial charge on any atom is 0.125 e. The van der Waals surface area contributed by atoms with Crippen LogP contribution >= 0.6 is 0 Å². The predicted molar refractivity (Wildman–Crippen MR) is 82.8 cm³/mol. The number of hydrogen-bond acceptors (Lipinski definition) is 3. The van der Waals surface area contributed by atoms with E-state index in [0.29, 0.717) is 0 Å². The molecule has 0 atom stereocenters. The molecule has 3 heterocycles. The first-order valence-corrected chi connectivity index (χ1v) is 7.48. The number of aryl methyl sites for hydroxylation is 1. The fraction of sp³-hybridized carbons (Fsp3) is 0.294. The van der Waals surface area contributed by atoms with Crippen LogP contribution in [0.2, 0.25) is 0 Å². The van der Waals surface area contributed by atoms with Crippen LogP contribution in [0, 0.1) is 12.7 Å². The summed E-state index contributed by atoms with van der Waals surface area (Å²) in [4.78, 5) is 14.4. The van der Waals surface area contributed by atoms with E-state index in [4.69, 9.17) is 0 Å². The van der Waals surface area contributed by atoms with Crippen LogP contribution in [-0.4, -0.2) is 26.4 Å². The normalized spacial score (nSPS) is 15.2. The number of halogens is 1. The molecule has 22 heavy (non-hydrogen) atoms. The zero-order valence-corrected chi connectivity index (χ0v) is 12.4. The molecule has 0 saturated carbocycles. The Morgan fingerprint density at radius 2 is 2.27 bits per heavy atom. The topological polar surface area (TPSA) is 44.8 Å². The van der Waals surface area contributed by atoms with Crippen LogP contribution in [0.4, 0.5) is 4.39 Å². The second-order valence-electron chi connectivity index (χ2n) is 5.85. The van der Waals surface area contributed by atoms with Gasteiger partial charge >= 0.3 is 0 Å².